The SMILES string of the molecule is CCCN(C)Cc1cn(Cc2ccc(F)cc2)c2ccc(NC(=O)[C@H](Cc3ccccc3)NC(=O)OCC3c4ccccc4-c4ccccc43)cc12. The summed E-state index contributed by atoms with van der Waals surface area (Å²) < 4.78 is 21.6. The second-order valence-electron chi connectivity index (χ2n) is 13.6. The lowest BCUT2D eigenvalue weighted by Crippen LogP contribution is -2.45. The fourth-order valence-electron chi connectivity index (χ4n) is 7.31. The number of carbonyl (C=O) groups excluding carboxylic acids is 2. The molecule has 0 saturated heterocycles. The summed E-state index contributed by atoms with van der Waals surface area (Å²) in [5.74, 6) is -0.693. The van der Waals surface area contributed by atoms with Crippen LogP contribution >= 0.6 is 0 Å². The molecule has 1 aliphatic rings. The molecule has 0 aliphatic heterocycles. The quantitative estimate of drug-likeness (QED) is 0.127. The summed E-state index contributed by atoms with van der Waals surface area (Å²) in [7, 11) is 2.10. The molecule has 1 atom stereocenters. The van der Waals surface area contributed by atoms with Crippen molar-refractivity contribution >= 4 is 28.6 Å². The molecule has 5 aromatic carbocycles. The molecule has 52 heavy (non-hydrogen) atoms. The molecule has 2 N–H and O–H groups in total. The van der Waals surface area contributed by atoms with Crippen molar-refractivity contribution in [3.63, 3.8) is 0 Å². The molecular formula is C44H43FN4O3. The van der Waals surface area contributed by atoms with E-state index in [0.717, 1.165) is 69.4 Å². The van der Waals surface area contributed by atoms with E-state index in [1.54, 1.807) is 12.1 Å². The van der Waals surface area contributed by atoms with Gasteiger partial charge in [-0.2, -0.15) is 0 Å². The first-order valence-corrected chi connectivity index (χ1v) is 17.9. The number of carbonyl (C=O) groups is 2. The van der Waals surface area contributed by atoms with Crippen molar-refractivity contribution in [3.05, 3.63) is 161 Å². The van der Waals surface area contributed by atoms with Gasteiger partial charge in [-0.1, -0.05) is 97.9 Å². The van der Waals surface area contributed by atoms with Gasteiger partial charge in [0.25, 0.3) is 0 Å². The molecule has 0 spiro atoms. The van der Waals surface area contributed by atoms with Crippen LogP contribution in [-0.4, -0.2) is 47.7 Å². The highest BCUT2D eigenvalue weighted by Crippen LogP contribution is 2.44. The molecule has 0 unspecified atom stereocenters. The number of amides is 2. The van der Waals surface area contributed by atoms with Crippen LogP contribution in [0.5, 0.6) is 0 Å². The van der Waals surface area contributed by atoms with Gasteiger partial charge in [0, 0.05) is 48.2 Å². The van der Waals surface area contributed by atoms with Crippen LogP contribution in [0.25, 0.3) is 22.0 Å². The van der Waals surface area contributed by atoms with Crippen molar-refractivity contribution in [2.45, 2.75) is 44.8 Å². The highest BCUT2D eigenvalue weighted by Gasteiger charge is 2.30. The number of halogens is 1. The smallest absolute Gasteiger partial charge is 0.407 e. The lowest BCUT2D eigenvalue weighted by atomic mass is 9.98. The summed E-state index contributed by atoms with van der Waals surface area (Å²) in [5, 5.41) is 6.97. The molecule has 7 rings (SSSR count). The first kappa shape index (κ1) is 34.7. The molecule has 8 heteroatoms. The van der Waals surface area contributed by atoms with E-state index in [2.05, 4.69) is 64.5 Å². The van der Waals surface area contributed by atoms with Gasteiger partial charge in [-0.05, 0) is 89.3 Å². The molecule has 0 bridgehead atoms. The zero-order chi connectivity index (χ0) is 36.0. The Hall–Kier alpha value is -5.73. The Labute approximate surface area is 304 Å². The van der Waals surface area contributed by atoms with Crippen molar-refractivity contribution in [3.8, 4) is 11.1 Å². The molecule has 264 valence electrons. The minimum atomic E-state index is -0.882. The number of rotatable bonds is 13. The van der Waals surface area contributed by atoms with Gasteiger partial charge in [-0.15, -0.1) is 0 Å². The summed E-state index contributed by atoms with van der Waals surface area (Å²) in [4.78, 5) is 29.6. The van der Waals surface area contributed by atoms with Crippen LogP contribution in [-0.2, 0) is 29.0 Å². The van der Waals surface area contributed by atoms with Gasteiger partial charge in [0.05, 0.1) is 0 Å². The molecule has 1 aromatic heterocycles. The topological polar surface area (TPSA) is 75.6 Å². The Kier molecular flexibility index (Phi) is 10.5. The molecule has 1 heterocycles. The lowest BCUT2D eigenvalue weighted by molar-refractivity contribution is -0.118. The summed E-state index contributed by atoms with van der Waals surface area (Å²) in [6.07, 6.45) is 2.82. The number of benzene rings is 5. The molecule has 0 fully saturated rings. The van der Waals surface area contributed by atoms with Crippen LogP contribution in [0.1, 0.15) is 47.1 Å². The molecule has 0 radical (unpaired) electrons. The van der Waals surface area contributed by atoms with Crippen LogP contribution in [0.15, 0.2) is 128 Å². The molecule has 2 amide bonds. The van der Waals surface area contributed by atoms with E-state index in [1.807, 2.05) is 72.8 Å². The van der Waals surface area contributed by atoms with Crippen LogP contribution < -0.4 is 10.6 Å². The maximum Gasteiger partial charge on any atom is 0.407 e. The Morgan fingerprint density at radius 3 is 2.21 bits per heavy atom. The fourth-order valence-corrected chi connectivity index (χ4v) is 7.31. The predicted octanol–water partition coefficient (Wildman–Crippen LogP) is 8.76. The molecule has 1 aliphatic carbocycles. The number of fused-ring (bicyclic) bond motifs is 4. The maximum atomic E-state index is 14.0. The van der Waals surface area contributed by atoms with Gasteiger partial charge in [-0.25, -0.2) is 9.18 Å². The number of nitrogens with one attached hydrogen (secondary N) is 2. The third-order valence-electron chi connectivity index (χ3n) is 9.78. The zero-order valence-electron chi connectivity index (χ0n) is 29.5. The number of hydrogen-bond acceptors (Lipinski definition) is 4. The number of ether oxygens (including phenoxy) is 1. The lowest BCUT2D eigenvalue weighted by Gasteiger charge is -2.20. The third-order valence-corrected chi connectivity index (χ3v) is 9.78. The second-order valence-corrected chi connectivity index (χ2v) is 13.6. The van der Waals surface area contributed by atoms with Gasteiger partial charge in [0.15, 0.2) is 0 Å². The van der Waals surface area contributed by atoms with E-state index in [0.29, 0.717) is 18.7 Å². The Balaban J connectivity index is 1.10. The average Bonchev–Trinajstić information content (AvgIpc) is 3.66. The number of aromatic nitrogens is 1. The van der Waals surface area contributed by atoms with Crippen LogP contribution in [0.4, 0.5) is 14.9 Å². The van der Waals surface area contributed by atoms with Gasteiger partial charge < -0.3 is 24.8 Å². The largest absolute Gasteiger partial charge is 0.449 e. The van der Waals surface area contributed by atoms with Crippen LogP contribution in [0.3, 0.4) is 0 Å². The molecular weight excluding hydrogens is 652 g/mol. The average molecular weight is 695 g/mol. The van der Waals surface area contributed by atoms with E-state index in [1.165, 1.54) is 12.1 Å². The summed E-state index contributed by atoms with van der Waals surface area (Å²) in [6.45, 7) is 4.58. The number of nitrogens with zero attached hydrogens (tertiary/aromatic N) is 2. The third kappa shape index (κ3) is 7.77. The number of alkyl carbamates (subject to hydrolysis) is 1. The van der Waals surface area contributed by atoms with Gasteiger partial charge in [0.2, 0.25) is 5.91 Å². The molecule has 7 nitrogen and oxygen atoms in total. The summed E-state index contributed by atoms with van der Waals surface area (Å²) >= 11 is 0. The summed E-state index contributed by atoms with van der Waals surface area (Å²) in [6, 6.07) is 37.6. The van der Waals surface area contributed by atoms with E-state index >= 15 is 0 Å². The monoisotopic (exact) mass is 694 g/mol. The van der Waals surface area contributed by atoms with Crippen LogP contribution in [0, 0.1) is 5.82 Å². The van der Waals surface area contributed by atoms with Gasteiger partial charge in [-0.3, -0.25) is 4.79 Å². The second kappa shape index (κ2) is 15.7. The van der Waals surface area contributed by atoms with Crippen molar-refractivity contribution in [1.82, 2.24) is 14.8 Å². The van der Waals surface area contributed by atoms with Crippen LogP contribution in [0.2, 0.25) is 0 Å². The number of hydrogen-bond donors (Lipinski definition) is 2. The number of anilines is 1. The maximum absolute atomic E-state index is 14.0. The van der Waals surface area contributed by atoms with Gasteiger partial charge >= 0.3 is 6.09 Å². The van der Waals surface area contributed by atoms with Crippen molar-refractivity contribution in [2.75, 3.05) is 25.5 Å². The zero-order valence-corrected chi connectivity index (χ0v) is 29.5. The highest BCUT2D eigenvalue weighted by atomic mass is 19.1. The Morgan fingerprint density at radius 1 is 0.846 bits per heavy atom. The fraction of sp³-hybridized carbons (Fsp3) is 0.227. The molecule has 6 aromatic rings. The van der Waals surface area contributed by atoms with E-state index in [9.17, 15) is 14.0 Å². The summed E-state index contributed by atoms with van der Waals surface area (Å²) in [5.41, 5.74) is 9.22. The van der Waals surface area contributed by atoms with E-state index < -0.39 is 12.1 Å². The van der Waals surface area contributed by atoms with E-state index in [4.69, 9.17) is 4.74 Å². The van der Waals surface area contributed by atoms with Crippen molar-refractivity contribution < 1.29 is 18.7 Å². The Bertz CT molecular complexity index is 2130. The standard InChI is InChI=1S/C44H43FN4O3/c1-3-23-48(2)27-32-28-49(26-31-17-19-33(45)20-18-31)42-22-21-34(25-39(32)42)46-43(50)41(24-30-11-5-4-6-12-30)47-44(51)52-29-40-37-15-9-7-13-35(37)36-14-8-10-16-38(36)40/h4-22,25,28,40-41H,3,23-24,26-27,29H2,1-2H3,(H,46,50)(H,47,51)/t41-/m0/s1. The molecule has 0 saturated carbocycles. The van der Waals surface area contributed by atoms with Crippen molar-refractivity contribution in [1.29, 1.82) is 0 Å². The minimum absolute atomic E-state index is 0.0905. The van der Waals surface area contributed by atoms with Gasteiger partial charge in [0.1, 0.15) is 18.5 Å². The predicted molar refractivity (Wildman–Crippen MR) is 205 cm³/mol. The minimum Gasteiger partial charge on any atom is -0.449 e. The van der Waals surface area contributed by atoms with E-state index in [-0.39, 0.29) is 24.2 Å². The normalized spacial score (nSPS) is 12.8. The first-order valence-electron chi connectivity index (χ1n) is 17.9. The Morgan fingerprint density at radius 2 is 1.52 bits per heavy atom. The van der Waals surface area contributed by atoms with Crippen molar-refractivity contribution in [2.24, 2.45) is 0 Å². The first-order chi connectivity index (χ1) is 25.4. The highest BCUT2D eigenvalue weighted by molar-refractivity contribution is 5.99.